The van der Waals surface area contributed by atoms with Crippen LogP contribution in [-0.2, 0) is 11.3 Å². The van der Waals surface area contributed by atoms with E-state index in [4.69, 9.17) is 0 Å². The van der Waals surface area contributed by atoms with Crippen LogP contribution in [0.5, 0.6) is 0 Å². The second-order valence-electron chi connectivity index (χ2n) is 11.1. The Labute approximate surface area is 89.4 Å². The third kappa shape index (κ3) is 0.0570. The molecule has 0 aliphatic carbocycles. The van der Waals surface area contributed by atoms with Crippen LogP contribution in [0.3, 0.4) is 0 Å². The molecule has 10 fully saturated rings. The molecule has 10 rings (SSSR count). The fourth-order valence-electron chi connectivity index (χ4n) is 18.9. The van der Waals surface area contributed by atoms with Gasteiger partial charge >= 0.3 is 89.3 Å². The van der Waals surface area contributed by atoms with Crippen molar-refractivity contribution in [3.05, 3.63) is 0 Å². The summed E-state index contributed by atoms with van der Waals surface area (Å²) in [6.45, 7) is 0.524. The number of ketones is 1. The zero-order chi connectivity index (χ0) is 11.1. The summed E-state index contributed by atoms with van der Waals surface area (Å²) in [6, 6.07) is 0. The Morgan fingerprint density at radius 3 is 1.76 bits per heavy atom. The molecule has 3 heteroatoms. The van der Waals surface area contributed by atoms with E-state index in [-0.39, 0.29) is 6.10 Å². The predicted molar refractivity (Wildman–Crippen MR) is 57.7 cm³/mol. The molecule has 92 valence electrons. The van der Waals surface area contributed by atoms with Crippen molar-refractivity contribution in [1.29, 1.82) is 0 Å². The molecule has 10 aliphatic rings. The predicted octanol–water partition coefficient (Wildman–Crippen LogP) is 3.09. The van der Waals surface area contributed by atoms with E-state index < -0.39 is 6.51 Å². The Bertz CT molecular complexity index is 1050. The Kier molecular flexibility index (Phi) is 0.188. The van der Waals surface area contributed by atoms with Gasteiger partial charge in [-0.3, -0.25) is 0 Å². The number of hydrogen-bond acceptors (Lipinski definition) is 2. The third-order valence-corrected chi connectivity index (χ3v) is 59.4. The molecule has 0 aromatic heterocycles. The number of aliphatic hydroxyl groups is 1. The van der Waals surface area contributed by atoms with Crippen LogP contribution in [0.4, 0.5) is 0 Å². The minimum atomic E-state index is -3.50. The molecule has 10 saturated heterocycles. The van der Waals surface area contributed by atoms with Gasteiger partial charge in [-0.05, 0) is 0 Å². The summed E-state index contributed by atoms with van der Waals surface area (Å²) in [5.41, 5.74) is 0. The molecule has 0 radical (unpaired) electrons. The van der Waals surface area contributed by atoms with Crippen molar-refractivity contribution in [2.45, 2.75) is 67.1 Å². The summed E-state index contributed by atoms with van der Waals surface area (Å²) in [5, 5.41) is 10.6. The first-order valence-corrected chi connectivity index (χ1v) is 13.4. The summed E-state index contributed by atoms with van der Waals surface area (Å²) in [5.74, 6) is 0.615. The number of hydrogen-bond donors (Lipinski definition) is 1. The van der Waals surface area contributed by atoms with Gasteiger partial charge in [-0.15, -0.1) is 0 Å². The number of carbonyl (C=O) groups excluding carboxylic acids is 1. The molecule has 1 spiro atoms. The summed E-state index contributed by atoms with van der Waals surface area (Å²) in [6.07, 6.45) is -0.0484. The van der Waals surface area contributed by atoms with Crippen molar-refractivity contribution >= 4 is 5.78 Å². The van der Waals surface area contributed by atoms with Gasteiger partial charge in [0.05, 0.1) is 0 Å². The van der Waals surface area contributed by atoms with Crippen molar-refractivity contribution in [1.82, 2.24) is 0 Å². The number of aliphatic hydroxyl groups excluding tert-OH is 1. The van der Waals surface area contributed by atoms with E-state index in [0.717, 1.165) is 38.5 Å². The first-order chi connectivity index (χ1) is 7.82. The quantitative estimate of drug-likeness (QED) is 0.784. The third-order valence-electron chi connectivity index (χ3n) is 16.1. The van der Waals surface area contributed by atoms with E-state index in [1.165, 1.54) is 0 Å². The topological polar surface area (TPSA) is 37.3 Å². The van der Waals surface area contributed by atoms with Crippen LogP contribution in [0, 0.1) is 0 Å². The van der Waals surface area contributed by atoms with Crippen molar-refractivity contribution in [3.63, 3.8) is 0 Å². The number of fused-ring (bicyclic) bond motifs is 10. The van der Waals surface area contributed by atoms with Crippen LogP contribution in [0.1, 0.15) is 13.8 Å². The average molecular weight is 272 g/mol. The van der Waals surface area contributed by atoms with Gasteiger partial charge < -0.3 is 0 Å². The van der Waals surface area contributed by atoms with Gasteiger partial charge in [0.2, 0.25) is 0 Å². The molecule has 1 N–H and O–H groups in total. The van der Waals surface area contributed by atoms with Gasteiger partial charge in [0.25, 0.3) is 0 Å². The van der Waals surface area contributed by atoms with Crippen LogP contribution < -0.4 is 0 Å². The first-order valence-electron chi connectivity index (χ1n) is 7.22. The van der Waals surface area contributed by atoms with Crippen LogP contribution >= 0.6 is 0 Å². The molecule has 0 bridgehead atoms. The summed E-state index contributed by atoms with van der Waals surface area (Å²) in [4.78, 5) is 21.0. The second-order valence-corrected chi connectivity index (χ2v) is 34.3. The SMILES string of the molecule is CC(=O)[C]12[CH]3[CH]4[CH]5[CH]1[Fe]45321678[CH]2[CH]1[CH]6[C]7(C(C)O)[CH]28. The zero-order valence-corrected chi connectivity index (χ0v) is 11.0. The molecule has 0 aromatic carbocycles. The van der Waals surface area contributed by atoms with E-state index in [1.54, 1.807) is 0 Å². The number of rotatable bonds is 2. The summed E-state index contributed by atoms with van der Waals surface area (Å²) >= 11 is 0. The molecule has 10 aliphatic heterocycles. The zero-order valence-electron chi connectivity index (χ0n) is 9.91. The molecule has 9 unspecified atom stereocenters. The van der Waals surface area contributed by atoms with Crippen molar-refractivity contribution in [2.75, 3.05) is 0 Å². The van der Waals surface area contributed by atoms with Gasteiger partial charge in [0, 0.05) is 0 Å². The fourth-order valence-corrected chi connectivity index (χ4v) is 96.6. The molecule has 10 heterocycles. The number of Topliss-reactive ketones (excluding diaryl/α,β-unsaturated/α-hetero) is 1. The average Bonchev–Trinajstić information content (AvgIpc) is 3.22. The number of carbonyl (C=O) groups is 1. The van der Waals surface area contributed by atoms with Crippen LogP contribution in [0.25, 0.3) is 0 Å². The molecular formula is C14H16FeO2. The molecule has 0 aromatic rings. The van der Waals surface area contributed by atoms with Crippen molar-refractivity contribution in [3.8, 4) is 0 Å². The Hall–Kier alpha value is 0.149. The Morgan fingerprint density at radius 2 is 1.59 bits per heavy atom. The maximum absolute atomic E-state index is 12.5. The molecule has 9 atom stereocenters. The fraction of sp³-hybridized carbons (Fsp3) is 0.929. The van der Waals surface area contributed by atoms with Gasteiger partial charge in [0.1, 0.15) is 0 Å². The van der Waals surface area contributed by atoms with Gasteiger partial charge in [-0.1, -0.05) is 0 Å². The van der Waals surface area contributed by atoms with Crippen LogP contribution in [0.15, 0.2) is 0 Å². The first kappa shape index (κ1) is 6.54. The van der Waals surface area contributed by atoms with E-state index in [2.05, 4.69) is 6.92 Å². The van der Waals surface area contributed by atoms with E-state index >= 15 is 0 Å². The molecule has 0 amide bonds. The van der Waals surface area contributed by atoms with E-state index in [1.807, 2.05) is 6.92 Å². The summed E-state index contributed by atoms with van der Waals surface area (Å²) in [7, 11) is 0. The maximum atomic E-state index is 12.5. The van der Waals surface area contributed by atoms with Crippen LogP contribution in [-0.4, -0.2) is 17.0 Å². The minimum absolute atomic E-state index is 0.0484. The standard InChI is InChI=1S/C7H9O.C7H7O.Fe/c2*1-6(8)7-4-2-3-5-7;/h2-6,8H,1H3;2-5H,1H3;. The van der Waals surface area contributed by atoms with Crippen molar-refractivity contribution < 1.29 is 16.4 Å². The molecule has 0 saturated carbocycles. The van der Waals surface area contributed by atoms with Gasteiger partial charge in [-0.2, -0.15) is 0 Å². The van der Waals surface area contributed by atoms with Gasteiger partial charge in [0.15, 0.2) is 0 Å². The Morgan fingerprint density at radius 1 is 1.12 bits per heavy atom. The van der Waals surface area contributed by atoms with Crippen LogP contribution in [0.2, 0.25) is 47.2 Å². The normalized spacial score (nSPS) is 125. The van der Waals surface area contributed by atoms with E-state index in [9.17, 15) is 9.90 Å². The summed E-state index contributed by atoms with van der Waals surface area (Å²) < 4.78 is 0.811. The molecule has 2 nitrogen and oxygen atoms in total. The molecular weight excluding hydrogens is 256 g/mol. The molecule has 17 heavy (non-hydrogen) atoms. The van der Waals surface area contributed by atoms with E-state index in [0.29, 0.717) is 14.4 Å². The second kappa shape index (κ2) is 0.488. The van der Waals surface area contributed by atoms with Crippen molar-refractivity contribution in [2.24, 2.45) is 0 Å². The monoisotopic (exact) mass is 272 g/mol. The Balaban J connectivity index is 1.75. The van der Waals surface area contributed by atoms with Gasteiger partial charge in [-0.25, -0.2) is 0 Å².